The number of rotatable bonds is 6. The zero-order valence-corrected chi connectivity index (χ0v) is 11.3. The molecule has 2 aromatic rings. The Morgan fingerprint density at radius 3 is 2.74 bits per heavy atom. The lowest BCUT2D eigenvalue weighted by Gasteiger charge is -1.99. The molecule has 1 N–H and O–H groups in total. The fraction of sp³-hybridized carbons (Fsp3) is 0.231. The standard InChI is InChI=1S/C13H14N2O3S/c1-9(16)7-8-19-13-15-14-12(18-13)10-3-5-11(17-2)6-4-10/h3-6,16H,1,7-8H2,2H3. The molecule has 1 aromatic carbocycles. The van der Waals surface area contributed by atoms with Crippen LogP contribution >= 0.6 is 11.8 Å². The molecule has 0 aliphatic carbocycles. The van der Waals surface area contributed by atoms with Gasteiger partial charge < -0.3 is 14.3 Å². The van der Waals surface area contributed by atoms with Crippen LogP contribution < -0.4 is 4.74 Å². The van der Waals surface area contributed by atoms with Crippen LogP contribution in [-0.4, -0.2) is 28.2 Å². The molecular weight excluding hydrogens is 264 g/mol. The van der Waals surface area contributed by atoms with E-state index in [1.165, 1.54) is 11.8 Å². The molecule has 19 heavy (non-hydrogen) atoms. The van der Waals surface area contributed by atoms with Crippen LogP contribution in [0.4, 0.5) is 0 Å². The zero-order chi connectivity index (χ0) is 13.7. The van der Waals surface area contributed by atoms with Gasteiger partial charge >= 0.3 is 0 Å². The first-order chi connectivity index (χ1) is 9.19. The molecule has 5 nitrogen and oxygen atoms in total. The largest absolute Gasteiger partial charge is 0.513 e. The number of thioether (sulfide) groups is 1. The summed E-state index contributed by atoms with van der Waals surface area (Å²) in [6.45, 7) is 3.42. The lowest BCUT2D eigenvalue weighted by atomic mass is 10.2. The first-order valence-corrected chi connectivity index (χ1v) is 6.65. The van der Waals surface area contributed by atoms with Gasteiger partial charge in [0.15, 0.2) is 0 Å². The number of hydrogen-bond acceptors (Lipinski definition) is 6. The van der Waals surface area contributed by atoms with E-state index >= 15 is 0 Å². The van der Waals surface area contributed by atoms with Crippen molar-refractivity contribution in [2.45, 2.75) is 11.6 Å². The van der Waals surface area contributed by atoms with E-state index in [-0.39, 0.29) is 5.76 Å². The predicted octanol–water partition coefficient (Wildman–Crippen LogP) is 3.30. The number of nitrogens with zero attached hydrogens (tertiary/aromatic N) is 2. The zero-order valence-electron chi connectivity index (χ0n) is 10.5. The summed E-state index contributed by atoms with van der Waals surface area (Å²) in [6.07, 6.45) is 0.505. The number of aromatic nitrogens is 2. The Balaban J connectivity index is 2.01. The molecule has 6 heteroatoms. The highest BCUT2D eigenvalue weighted by molar-refractivity contribution is 7.99. The van der Waals surface area contributed by atoms with Gasteiger partial charge in [0.05, 0.1) is 12.9 Å². The number of hydrogen-bond donors (Lipinski definition) is 1. The van der Waals surface area contributed by atoms with Gasteiger partial charge in [-0.3, -0.25) is 0 Å². The van der Waals surface area contributed by atoms with Gasteiger partial charge in [0.1, 0.15) is 5.75 Å². The lowest BCUT2D eigenvalue weighted by molar-refractivity contribution is 0.398. The van der Waals surface area contributed by atoms with Gasteiger partial charge in [-0.25, -0.2) is 0 Å². The van der Waals surface area contributed by atoms with Crippen molar-refractivity contribution < 1.29 is 14.3 Å². The molecule has 0 saturated carbocycles. The van der Waals surface area contributed by atoms with Crippen molar-refractivity contribution in [2.24, 2.45) is 0 Å². The van der Waals surface area contributed by atoms with Crippen molar-refractivity contribution in [1.29, 1.82) is 0 Å². The van der Waals surface area contributed by atoms with Gasteiger partial charge in [-0.05, 0) is 24.3 Å². The topological polar surface area (TPSA) is 68.4 Å². The van der Waals surface area contributed by atoms with Gasteiger partial charge in [0.25, 0.3) is 5.22 Å². The van der Waals surface area contributed by atoms with Crippen LogP contribution in [0.1, 0.15) is 6.42 Å². The summed E-state index contributed by atoms with van der Waals surface area (Å²) in [5.74, 6) is 2.05. The fourth-order valence-electron chi connectivity index (χ4n) is 1.37. The van der Waals surface area contributed by atoms with E-state index in [0.29, 0.717) is 23.3 Å². The van der Waals surface area contributed by atoms with Crippen LogP contribution in [-0.2, 0) is 0 Å². The van der Waals surface area contributed by atoms with Crippen LogP contribution in [0.3, 0.4) is 0 Å². The molecule has 0 fully saturated rings. The van der Waals surface area contributed by atoms with E-state index in [9.17, 15) is 0 Å². The molecule has 0 unspecified atom stereocenters. The molecule has 2 rings (SSSR count). The van der Waals surface area contributed by atoms with Crippen molar-refractivity contribution in [2.75, 3.05) is 12.9 Å². The highest BCUT2D eigenvalue weighted by atomic mass is 32.2. The third-order valence-electron chi connectivity index (χ3n) is 2.36. The smallest absolute Gasteiger partial charge is 0.276 e. The third kappa shape index (κ3) is 3.75. The fourth-order valence-corrected chi connectivity index (χ4v) is 2.12. The van der Waals surface area contributed by atoms with Gasteiger partial charge in [-0.2, -0.15) is 0 Å². The summed E-state index contributed by atoms with van der Waals surface area (Å²) in [6, 6.07) is 7.39. The van der Waals surface area contributed by atoms with Crippen LogP contribution in [0.2, 0.25) is 0 Å². The van der Waals surface area contributed by atoms with E-state index in [0.717, 1.165) is 11.3 Å². The maximum Gasteiger partial charge on any atom is 0.276 e. The van der Waals surface area contributed by atoms with E-state index < -0.39 is 0 Å². The number of ether oxygens (including phenoxy) is 1. The maximum atomic E-state index is 8.98. The minimum Gasteiger partial charge on any atom is -0.513 e. The molecular formula is C13H14N2O3S. The molecule has 0 bridgehead atoms. The number of allylic oxidation sites excluding steroid dienone is 1. The summed E-state index contributed by atoms with van der Waals surface area (Å²) in [5, 5.41) is 17.4. The van der Waals surface area contributed by atoms with E-state index in [4.69, 9.17) is 14.3 Å². The monoisotopic (exact) mass is 278 g/mol. The van der Waals surface area contributed by atoms with Gasteiger partial charge in [-0.1, -0.05) is 18.3 Å². The predicted molar refractivity (Wildman–Crippen MR) is 73.4 cm³/mol. The maximum absolute atomic E-state index is 8.98. The first kappa shape index (κ1) is 13.5. The second-order valence-electron chi connectivity index (χ2n) is 3.77. The van der Waals surface area contributed by atoms with Gasteiger partial charge in [0, 0.05) is 17.7 Å². The number of aliphatic hydroxyl groups excluding tert-OH is 1. The average Bonchev–Trinajstić information content (AvgIpc) is 2.87. The quantitative estimate of drug-likeness (QED) is 0.646. The Morgan fingerprint density at radius 1 is 1.37 bits per heavy atom. The molecule has 0 saturated heterocycles. The minimum atomic E-state index is 0.155. The molecule has 0 atom stereocenters. The third-order valence-corrected chi connectivity index (χ3v) is 3.18. The minimum absolute atomic E-state index is 0.155. The van der Waals surface area contributed by atoms with Crippen LogP contribution in [0.15, 0.2) is 46.2 Å². The van der Waals surface area contributed by atoms with Crippen molar-refractivity contribution in [1.82, 2.24) is 10.2 Å². The Morgan fingerprint density at radius 2 is 2.11 bits per heavy atom. The van der Waals surface area contributed by atoms with Gasteiger partial charge in [-0.15, -0.1) is 10.2 Å². The molecule has 1 aromatic heterocycles. The molecule has 0 aliphatic heterocycles. The van der Waals surface area contributed by atoms with Crippen LogP contribution in [0.5, 0.6) is 5.75 Å². The number of aliphatic hydroxyl groups is 1. The Hall–Kier alpha value is -1.95. The highest BCUT2D eigenvalue weighted by Crippen LogP contribution is 2.25. The van der Waals surface area contributed by atoms with Crippen molar-refractivity contribution in [3.63, 3.8) is 0 Å². The summed E-state index contributed by atoms with van der Waals surface area (Å²) in [4.78, 5) is 0. The molecule has 0 spiro atoms. The lowest BCUT2D eigenvalue weighted by Crippen LogP contribution is -1.82. The van der Waals surface area contributed by atoms with Crippen LogP contribution in [0, 0.1) is 0 Å². The molecule has 1 heterocycles. The Kier molecular flexibility index (Phi) is 4.46. The summed E-state index contributed by atoms with van der Waals surface area (Å²) in [7, 11) is 1.62. The van der Waals surface area contributed by atoms with Crippen molar-refractivity contribution >= 4 is 11.8 Å². The highest BCUT2D eigenvalue weighted by Gasteiger charge is 2.09. The molecule has 100 valence electrons. The number of methoxy groups -OCH3 is 1. The SMILES string of the molecule is C=C(O)CCSc1nnc(-c2ccc(OC)cc2)o1. The first-order valence-electron chi connectivity index (χ1n) is 5.66. The van der Waals surface area contributed by atoms with E-state index in [1.54, 1.807) is 7.11 Å². The second-order valence-corrected chi connectivity index (χ2v) is 4.81. The average molecular weight is 278 g/mol. The van der Waals surface area contributed by atoms with E-state index in [2.05, 4.69) is 16.8 Å². The van der Waals surface area contributed by atoms with Crippen molar-refractivity contribution in [3.8, 4) is 17.2 Å². The Labute approximate surface area is 115 Å². The summed E-state index contributed by atoms with van der Waals surface area (Å²) < 4.78 is 10.6. The molecule has 0 aliphatic rings. The van der Waals surface area contributed by atoms with E-state index in [1.807, 2.05) is 24.3 Å². The molecule has 0 amide bonds. The normalized spacial score (nSPS) is 10.4. The Bertz CT molecular complexity index is 551. The van der Waals surface area contributed by atoms with Crippen molar-refractivity contribution in [3.05, 3.63) is 36.6 Å². The number of benzene rings is 1. The summed E-state index contributed by atoms with van der Waals surface area (Å²) >= 11 is 1.39. The second kappa shape index (κ2) is 6.29. The summed E-state index contributed by atoms with van der Waals surface area (Å²) in [5.41, 5.74) is 0.840. The van der Waals surface area contributed by atoms with Gasteiger partial charge in [0.2, 0.25) is 5.89 Å². The molecule has 0 radical (unpaired) electrons. The van der Waals surface area contributed by atoms with Crippen LogP contribution in [0.25, 0.3) is 11.5 Å².